The molecular weight excluding hydrogens is 551 g/mol. The van der Waals surface area contributed by atoms with E-state index >= 15 is 0 Å². The second kappa shape index (κ2) is 13.3. The molecule has 0 spiro atoms. The van der Waals surface area contributed by atoms with Crippen LogP contribution in [0, 0.1) is 0 Å². The van der Waals surface area contributed by atoms with Gasteiger partial charge < -0.3 is 50.7 Å². The van der Waals surface area contributed by atoms with Crippen molar-refractivity contribution in [3.63, 3.8) is 0 Å². The molecule has 0 aromatic rings. The minimum Gasteiger partial charge on any atom is -0.550 e. The van der Waals surface area contributed by atoms with E-state index in [1.807, 2.05) is 0 Å². The summed E-state index contributed by atoms with van der Waals surface area (Å²) in [5.74, 6) is -6.81. The average Bonchev–Trinajstić information content (AvgIpc) is 2.23. The molecule has 0 saturated heterocycles. The molecule has 0 bridgehead atoms. The minimum atomic E-state index is -2.07. The van der Waals surface area contributed by atoms with Crippen molar-refractivity contribution < 1.29 is 39.6 Å². The fraction of sp³-hybridized carbons (Fsp3) is 0.600. The predicted octanol–water partition coefficient (Wildman–Crippen LogP) is -7.95. The number of nitrogens with one attached hydrogen (secondary N) is 1. The number of hydrogen-bond acceptors (Lipinski definition) is 10. The van der Waals surface area contributed by atoms with E-state index in [1.165, 1.54) is 0 Å². The Hall–Kier alpha value is 0.943. The number of rotatable bonds is 10. The molecule has 3 N–H and O–H groups in total. The maximum atomic E-state index is 10.7. The molecule has 0 aliphatic rings. The van der Waals surface area contributed by atoms with Gasteiger partial charge in [0.1, 0.15) is 0 Å². The second-order valence-corrected chi connectivity index (χ2v) is 4.16. The number of carboxylic acids is 4. The summed E-state index contributed by atoms with van der Waals surface area (Å²) in [7, 11) is 0. The fourth-order valence-corrected chi connectivity index (χ4v) is 1.72. The van der Waals surface area contributed by atoms with Crippen molar-refractivity contribution in [2.75, 3.05) is 6.54 Å². The predicted molar refractivity (Wildman–Crippen MR) is 64.1 cm³/mol. The van der Waals surface area contributed by atoms with Gasteiger partial charge in [0, 0.05) is 55.3 Å². The SMILES string of the molecule is NC(CC(=O)[O-])C(CC(=O)[O-])(CC(=O)[O-])NCC(=O)[O-].[Ba+2].[Ba+2]. The van der Waals surface area contributed by atoms with Gasteiger partial charge in [0.25, 0.3) is 0 Å². The van der Waals surface area contributed by atoms with Gasteiger partial charge in [-0.15, -0.1) is 0 Å². The van der Waals surface area contributed by atoms with E-state index < -0.39 is 61.3 Å². The number of hydrogen-bond donors (Lipinski definition) is 2. The van der Waals surface area contributed by atoms with Gasteiger partial charge in [0.05, 0.1) is 5.97 Å². The minimum absolute atomic E-state index is 0. The topological polar surface area (TPSA) is 199 Å². The molecule has 0 radical (unpaired) electrons. The molecule has 10 nitrogen and oxygen atoms in total. The van der Waals surface area contributed by atoms with Crippen molar-refractivity contribution in [1.82, 2.24) is 5.32 Å². The summed E-state index contributed by atoms with van der Waals surface area (Å²) >= 11 is 0. The van der Waals surface area contributed by atoms with E-state index in [0.717, 1.165) is 0 Å². The van der Waals surface area contributed by atoms with Crippen molar-refractivity contribution in [2.24, 2.45) is 5.73 Å². The van der Waals surface area contributed by atoms with E-state index in [2.05, 4.69) is 5.32 Å². The largest absolute Gasteiger partial charge is 2.00 e. The summed E-state index contributed by atoms with van der Waals surface area (Å²) in [5, 5.41) is 44.3. The van der Waals surface area contributed by atoms with E-state index in [1.54, 1.807) is 0 Å². The number of aliphatic carboxylic acids is 4. The Kier molecular flexibility index (Phi) is 16.7. The van der Waals surface area contributed by atoms with Gasteiger partial charge in [-0.2, -0.15) is 0 Å². The van der Waals surface area contributed by atoms with Crippen molar-refractivity contribution >= 4 is 122 Å². The van der Waals surface area contributed by atoms with Crippen LogP contribution in [-0.2, 0) is 19.2 Å². The van der Waals surface area contributed by atoms with Crippen molar-refractivity contribution in [3.05, 3.63) is 0 Å². The van der Waals surface area contributed by atoms with Gasteiger partial charge in [0.15, 0.2) is 0 Å². The van der Waals surface area contributed by atoms with Crippen LogP contribution in [0.2, 0.25) is 0 Å². The Morgan fingerprint density at radius 3 is 1.55 bits per heavy atom. The zero-order valence-corrected chi connectivity index (χ0v) is 20.5. The van der Waals surface area contributed by atoms with E-state index in [-0.39, 0.29) is 97.8 Å². The van der Waals surface area contributed by atoms with E-state index in [9.17, 15) is 39.6 Å². The molecule has 0 aliphatic heterocycles. The molecular formula is C10H12Ba2N2O8. The van der Waals surface area contributed by atoms with Crippen molar-refractivity contribution in [2.45, 2.75) is 30.8 Å². The summed E-state index contributed by atoms with van der Waals surface area (Å²) in [6.45, 7) is -0.929. The van der Waals surface area contributed by atoms with Crippen LogP contribution in [0.25, 0.3) is 0 Å². The van der Waals surface area contributed by atoms with Gasteiger partial charge in [-0.1, -0.05) is 0 Å². The van der Waals surface area contributed by atoms with Crippen molar-refractivity contribution in [1.29, 1.82) is 0 Å². The first-order chi connectivity index (χ1) is 9.09. The summed E-state index contributed by atoms with van der Waals surface area (Å²) in [4.78, 5) is 42.3. The molecule has 0 fully saturated rings. The molecule has 1 unspecified atom stereocenters. The molecule has 0 heterocycles. The van der Waals surface area contributed by atoms with Gasteiger partial charge in [0.2, 0.25) is 0 Å². The van der Waals surface area contributed by atoms with Crippen LogP contribution in [0.5, 0.6) is 0 Å². The van der Waals surface area contributed by atoms with Gasteiger partial charge in [-0.25, -0.2) is 0 Å². The van der Waals surface area contributed by atoms with Gasteiger partial charge in [-0.3, -0.25) is 0 Å². The molecule has 1 atom stereocenters. The number of carboxylic acid groups (broad SMARTS) is 4. The van der Waals surface area contributed by atoms with Crippen LogP contribution in [-0.4, -0.2) is 140 Å². The average molecular weight is 563 g/mol. The number of nitrogens with two attached hydrogens (primary N) is 1. The van der Waals surface area contributed by atoms with Crippen LogP contribution >= 0.6 is 0 Å². The Morgan fingerprint density at radius 1 is 0.864 bits per heavy atom. The fourth-order valence-electron chi connectivity index (χ4n) is 1.72. The standard InChI is InChI=1S/C10H16N2O8.2Ba/c11-5(1-6(13)14)10(2-7(15)16,3-8(17)18)12-4-9(19)20;;/h5,12H,1-4,11H2,(H,13,14)(H,15,16)(H,17,18)(H,19,20);;/q;2*+2/p-4. The zero-order valence-electron chi connectivity index (χ0n) is 11.7. The van der Waals surface area contributed by atoms with Crippen LogP contribution < -0.4 is 31.5 Å². The smallest absolute Gasteiger partial charge is 0.550 e. The summed E-state index contributed by atoms with van der Waals surface area (Å²) in [5.41, 5.74) is 3.39. The quantitative estimate of drug-likeness (QED) is 0.241. The third kappa shape index (κ3) is 11.5. The Labute approximate surface area is 206 Å². The van der Waals surface area contributed by atoms with Gasteiger partial charge in [-0.05, 0) is 0 Å². The maximum absolute atomic E-state index is 10.7. The van der Waals surface area contributed by atoms with E-state index in [0.29, 0.717) is 0 Å². The second-order valence-electron chi connectivity index (χ2n) is 4.16. The zero-order chi connectivity index (χ0) is 15.9. The Morgan fingerprint density at radius 2 is 1.27 bits per heavy atom. The first-order valence-corrected chi connectivity index (χ1v) is 5.39. The molecule has 0 aliphatic carbocycles. The van der Waals surface area contributed by atoms with Crippen molar-refractivity contribution in [3.8, 4) is 0 Å². The molecule has 0 aromatic carbocycles. The van der Waals surface area contributed by atoms with Crippen LogP contribution in [0.1, 0.15) is 19.3 Å². The van der Waals surface area contributed by atoms with E-state index in [4.69, 9.17) is 5.73 Å². The molecule has 0 amide bonds. The number of carbonyl (C=O) groups excluding carboxylic acids is 4. The first kappa shape index (κ1) is 27.8. The summed E-state index contributed by atoms with van der Waals surface area (Å²) < 4.78 is 0. The Balaban J connectivity index is -0.00000180. The van der Waals surface area contributed by atoms with Crippen LogP contribution in [0.15, 0.2) is 0 Å². The third-order valence-electron chi connectivity index (χ3n) is 2.60. The van der Waals surface area contributed by atoms with Crippen LogP contribution in [0.3, 0.4) is 0 Å². The number of carbonyl (C=O) groups is 4. The molecule has 12 heteroatoms. The Bertz CT molecular complexity index is 402. The first-order valence-electron chi connectivity index (χ1n) is 5.39. The monoisotopic (exact) mass is 564 g/mol. The summed E-state index contributed by atoms with van der Waals surface area (Å²) in [6, 6.07) is -1.55. The molecule has 0 aromatic heterocycles. The molecule has 114 valence electrons. The van der Waals surface area contributed by atoms with Crippen LogP contribution in [0.4, 0.5) is 0 Å². The third-order valence-corrected chi connectivity index (χ3v) is 2.60. The van der Waals surface area contributed by atoms with Gasteiger partial charge >= 0.3 is 97.8 Å². The maximum Gasteiger partial charge on any atom is 2.00 e. The molecule has 0 saturated carbocycles. The molecule has 22 heavy (non-hydrogen) atoms. The normalized spacial score (nSPS) is 11.5. The summed E-state index contributed by atoms with van der Waals surface area (Å²) in [6.07, 6.45) is -2.94. The molecule has 0 rings (SSSR count).